The number of hydrogen-bond acceptors (Lipinski definition) is 6. The van der Waals surface area contributed by atoms with Crippen molar-refractivity contribution in [2.75, 3.05) is 32.8 Å². The Balaban J connectivity index is 1.21. The zero-order chi connectivity index (χ0) is 28.1. The summed E-state index contributed by atoms with van der Waals surface area (Å²) in [5.74, 6) is 1.93. The van der Waals surface area contributed by atoms with Crippen molar-refractivity contribution in [2.45, 2.75) is 104 Å². The standard InChI is InChI=1S/C31H52N2O6/c1-5-39-29(38)33-14-12-32(13-15-33)27(37)9-6-19(2)22-7-8-23-28-24(18-26(36)31(22,23)4)30(3)11-10-21(34)16-20(30)17-25(28)35/h19-26,28,34-36H,5-18H2,1-4H3/t19-,20+,21-,22-,23+,24+,25-,26+,28+,30+,31-/m1/s1. The van der Waals surface area contributed by atoms with Crippen molar-refractivity contribution in [3.63, 3.8) is 0 Å². The van der Waals surface area contributed by atoms with Crippen LogP contribution in [0.3, 0.4) is 0 Å². The summed E-state index contributed by atoms with van der Waals surface area (Å²) < 4.78 is 5.09. The molecule has 1 saturated heterocycles. The largest absolute Gasteiger partial charge is 0.450 e. The summed E-state index contributed by atoms with van der Waals surface area (Å²) in [4.78, 5) is 28.6. The summed E-state index contributed by atoms with van der Waals surface area (Å²) in [7, 11) is 0. The average Bonchev–Trinajstić information content (AvgIpc) is 3.27. The molecule has 0 aromatic rings. The van der Waals surface area contributed by atoms with Gasteiger partial charge in [-0.1, -0.05) is 20.8 Å². The quantitative estimate of drug-likeness (QED) is 0.484. The summed E-state index contributed by atoms with van der Waals surface area (Å²) in [5, 5.41) is 33.6. The van der Waals surface area contributed by atoms with Gasteiger partial charge in [0.25, 0.3) is 0 Å². The molecular formula is C31H52N2O6. The number of ether oxygens (including phenoxy) is 1. The first-order chi connectivity index (χ1) is 18.5. The Kier molecular flexibility index (Phi) is 8.31. The second-order valence-corrected chi connectivity index (χ2v) is 14.1. The van der Waals surface area contributed by atoms with Crippen molar-refractivity contribution in [1.82, 2.24) is 9.80 Å². The number of nitrogens with zero attached hydrogens (tertiary/aromatic N) is 2. The van der Waals surface area contributed by atoms with Crippen LogP contribution in [0, 0.1) is 46.3 Å². The van der Waals surface area contributed by atoms with Crippen molar-refractivity contribution in [1.29, 1.82) is 0 Å². The topological polar surface area (TPSA) is 111 Å². The van der Waals surface area contributed by atoms with Crippen molar-refractivity contribution in [2.24, 2.45) is 46.3 Å². The summed E-state index contributed by atoms with van der Waals surface area (Å²) in [6.45, 7) is 11.2. The molecule has 2 amide bonds. The first kappa shape index (κ1) is 29.1. The molecule has 1 aliphatic heterocycles. The number of carbonyl (C=O) groups excluding carboxylic acids is 2. The fraction of sp³-hybridized carbons (Fsp3) is 0.935. The van der Waals surface area contributed by atoms with E-state index in [1.165, 1.54) is 0 Å². The van der Waals surface area contributed by atoms with E-state index in [1.807, 2.05) is 4.90 Å². The molecule has 4 aliphatic carbocycles. The molecule has 39 heavy (non-hydrogen) atoms. The normalized spacial score (nSPS) is 44.7. The number of fused-ring (bicyclic) bond motifs is 5. The van der Waals surface area contributed by atoms with Gasteiger partial charge in [0, 0.05) is 32.6 Å². The van der Waals surface area contributed by atoms with Crippen LogP contribution < -0.4 is 0 Å². The second kappa shape index (κ2) is 11.1. The van der Waals surface area contributed by atoms with E-state index in [1.54, 1.807) is 11.8 Å². The van der Waals surface area contributed by atoms with Crippen LogP contribution in [0.2, 0.25) is 0 Å². The molecule has 5 rings (SSSR count). The lowest BCUT2D eigenvalue weighted by Gasteiger charge is -2.63. The van der Waals surface area contributed by atoms with E-state index in [9.17, 15) is 24.9 Å². The van der Waals surface area contributed by atoms with Crippen LogP contribution in [0.5, 0.6) is 0 Å². The minimum atomic E-state index is -0.403. The highest BCUT2D eigenvalue weighted by Gasteiger charge is 2.65. The third-order valence-electron chi connectivity index (χ3n) is 12.5. The highest BCUT2D eigenvalue weighted by molar-refractivity contribution is 5.76. The van der Waals surface area contributed by atoms with E-state index < -0.39 is 6.10 Å². The average molecular weight is 549 g/mol. The van der Waals surface area contributed by atoms with Crippen LogP contribution in [-0.4, -0.2) is 88.2 Å². The number of piperazine rings is 1. The molecule has 0 unspecified atom stereocenters. The smallest absolute Gasteiger partial charge is 0.409 e. The molecule has 0 bridgehead atoms. The Morgan fingerprint density at radius 1 is 0.949 bits per heavy atom. The van der Waals surface area contributed by atoms with Gasteiger partial charge in [-0.3, -0.25) is 4.79 Å². The summed E-state index contributed by atoms with van der Waals surface area (Å²) in [6, 6.07) is 0. The molecule has 0 aromatic carbocycles. The van der Waals surface area contributed by atoms with Crippen molar-refractivity contribution in [3.8, 4) is 0 Å². The Morgan fingerprint density at radius 3 is 2.33 bits per heavy atom. The van der Waals surface area contributed by atoms with Gasteiger partial charge >= 0.3 is 6.09 Å². The number of rotatable bonds is 5. The van der Waals surface area contributed by atoms with Gasteiger partial charge < -0.3 is 29.9 Å². The Bertz CT molecular complexity index is 908. The van der Waals surface area contributed by atoms with Crippen LogP contribution >= 0.6 is 0 Å². The van der Waals surface area contributed by atoms with E-state index in [-0.39, 0.29) is 41.0 Å². The molecule has 3 N–H and O–H groups in total. The number of hydrogen-bond donors (Lipinski definition) is 3. The molecule has 11 atom stereocenters. The summed E-state index contributed by atoms with van der Waals surface area (Å²) in [6.07, 6.45) is 6.15. The highest BCUT2D eigenvalue weighted by atomic mass is 16.6. The first-order valence-electron chi connectivity index (χ1n) is 15.7. The minimum Gasteiger partial charge on any atom is -0.450 e. The molecular weight excluding hydrogens is 496 g/mol. The highest BCUT2D eigenvalue weighted by Crippen LogP contribution is 2.68. The maximum Gasteiger partial charge on any atom is 0.409 e. The lowest BCUT2D eigenvalue weighted by atomic mass is 9.43. The van der Waals surface area contributed by atoms with Gasteiger partial charge in [-0.25, -0.2) is 4.79 Å². The third kappa shape index (κ3) is 5.01. The molecule has 0 radical (unpaired) electrons. The zero-order valence-electron chi connectivity index (χ0n) is 24.6. The molecule has 1 heterocycles. The number of carbonyl (C=O) groups is 2. The monoisotopic (exact) mass is 548 g/mol. The molecule has 4 saturated carbocycles. The summed E-state index contributed by atoms with van der Waals surface area (Å²) in [5.41, 5.74) is -0.161. The SMILES string of the molecule is CCOC(=O)N1CCN(C(=O)CC[C@@H](C)[C@H]2CC[C@H]3[C@@H]4[C@H](O)C[C@@H]5C[C@H](O)CC[C@]5(C)[C@H]4C[C@H](O)[C@]23C)CC1. The van der Waals surface area contributed by atoms with Gasteiger partial charge in [-0.2, -0.15) is 0 Å². The maximum absolute atomic E-state index is 13.1. The predicted octanol–water partition coefficient (Wildman–Crippen LogP) is 3.66. The second-order valence-electron chi connectivity index (χ2n) is 14.1. The van der Waals surface area contributed by atoms with Gasteiger partial charge in [-0.05, 0) is 105 Å². The number of aliphatic hydroxyl groups excluding tert-OH is 3. The van der Waals surface area contributed by atoms with Gasteiger partial charge in [0.15, 0.2) is 0 Å². The Labute approximate surface area is 234 Å². The number of amides is 2. The Hall–Kier alpha value is -1.38. The van der Waals surface area contributed by atoms with Crippen molar-refractivity contribution in [3.05, 3.63) is 0 Å². The molecule has 8 nitrogen and oxygen atoms in total. The summed E-state index contributed by atoms with van der Waals surface area (Å²) >= 11 is 0. The molecule has 5 fully saturated rings. The maximum atomic E-state index is 13.1. The van der Waals surface area contributed by atoms with Gasteiger partial charge in [0.1, 0.15) is 0 Å². The predicted molar refractivity (Wildman–Crippen MR) is 148 cm³/mol. The van der Waals surface area contributed by atoms with Crippen LogP contribution in [0.25, 0.3) is 0 Å². The lowest BCUT2D eigenvalue weighted by Crippen LogP contribution is -2.62. The van der Waals surface area contributed by atoms with Crippen molar-refractivity contribution < 1.29 is 29.6 Å². The van der Waals surface area contributed by atoms with Crippen LogP contribution in [0.1, 0.15) is 85.5 Å². The van der Waals surface area contributed by atoms with E-state index in [4.69, 9.17) is 4.74 Å². The van der Waals surface area contributed by atoms with E-state index in [0.29, 0.717) is 68.8 Å². The minimum absolute atomic E-state index is 0.0822. The molecule has 0 spiro atoms. The van der Waals surface area contributed by atoms with E-state index in [0.717, 1.165) is 51.4 Å². The molecule has 0 aromatic heterocycles. The van der Waals surface area contributed by atoms with Gasteiger partial charge in [0.2, 0.25) is 5.91 Å². The fourth-order valence-electron chi connectivity index (χ4n) is 10.2. The van der Waals surface area contributed by atoms with Crippen LogP contribution in [0.4, 0.5) is 4.79 Å². The lowest BCUT2D eigenvalue weighted by molar-refractivity contribution is -0.207. The van der Waals surface area contributed by atoms with Crippen molar-refractivity contribution >= 4 is 12.0 Å². The van der Waals surface area contributed by atoms with E-state index >= 15 is 0 Å². The molecule has 222 valence electrons. The van der Waals surface area contributed by atoms with Crippen LogP contribution in [0.15, 0.2) is 0 Å². The third-order valence-corrected chi connectivity index (χ3v) is 12.5. The zero-order valence-corrected chi connectivity index (χ0v) is 24.6. The Morgan fingerprint density at radius 2 is 1.64 bits per heavy atom. The number of aliphatic hydroxyl groups is 3. The van der Waals surface area contributed by atoms with E-state index in [2.05, 4.69) is 20.8 Å². The molecule has 8 heteroatoms. The van der Waals surface area contributed by atoms with Gasteiger partial charge in [-0.15, -0.1) is 0 Å². The first-order valence-corrected chi connectivity index (χ1v) is 15.7. The van der Waals surface area contributed by atoms with Crippen LogP contribution in [-0.2, 0) is 9.53 Å². The van der Waals surface area contributed by atoms with Gasteiger partial charge in [0.05, 0.1) is 24.9 Å². The fourth-order valence-corrected chi connectivity index (χ4v) is 10.2. The molecule has 5 aliphatic rings.